The molecule has 1 aliphatic rings. The maximum Gasteiger partial charge on any atom is 0.410 e. The first-order valence-corrected chi connectivity index (χ1v) is 12.4. The van der Waals surface area contributed by atoms with Crippen LogP contribution in [0.25, 0.3) is 0 Å². The van der Waals surface area contributed by atoms with E-state index in [1.165, 1.54) is 29.2 Å². The van der Waals surface area contributed by atoms with E-state index in [0.717, 1.165) is 9.87 Å². The van der Waals surface area contributed by atoms with Crippen LogP contribution in [0.4, 0.5) is 4.79 Å². The van der Waals surface area contributed by atoms with E-state index in [1.54, 1.807) is 20.8 Å². The van der Waals surface area contributed by atoms with Gasteiger partial charge in [0.1, 0.15) is 11.6 Å². The van der Waals surface area contributed by atoms with Crippen molar-refractivity contribution in [2.24, 2.45) is 0 Å². The first kappa shape index (κ1) is 25.0. The first-order valence-electron chi connectivity index (χ1n) is 10.5. The molecular weight excluding hydrogens is 466 g/mol. The number of nitrogens with one attached hydrogen (secondary N) is 1. The van der Waals surface area contributed by atoms with Gasteiger partial charge in [-0.3, -0.25) is 4.79 Å². The fraction of sp³-hybridized carbons (Fsp3) is 0.391. The zero-order chi connectivity index (χ0) is 24.2. The van der Waals surface area contributed by atoms with E-state index in [9.17, 15) is 18.0 Å². The van der Waals surface area contributed by atoms with E-state index < -0.39 is 33.7 Å². The molecule has 1 unspecified atom stereocenters. The van der Waals surface area contributed by atoms with Crippen LogP contribution in [0.5, 0.6) is 0 Å². The van der Waals surface area contributed by atoms with Crippen molar-refractivity contribution in [2.45, 2.75) is 43.9 Å². The van der Waals surface area contributed by atoms with Gasteiger partial charge in [-0.1, -0.05) is 41.9 Å². The summed E-state index contributed by atoms with van der Waals surface area (Å²) in [4.78, 5) is 27.2. The summed E-state index contributed by atoms with van der Waals surface area (Å²) in [5.41, 5.74) is 0.159. The van der Waals surface area contributed by atoms with Crippen molar-refractivity contribution in [1.82, 2.24) is 14.5 Å². The number of rotatable bonds is 5. The minimum Gasteiger partial charge on any atom is -0.444 e. The zero-order valence-corrected chi connectivity index (χ0v) is 20.4. The maximum atomic E-state index is 13.4. The predicted molar refractivity (Wildman–Crippen MR) is 125 cm³/mol. The number of halogens is 1. The van der Waals surface area contributed by atoms with Crippen LogP contribution in [-0.2, 0) is 26.1 Å². The molecule has 8 nitrogen and oxygen atoms in total. The summed E-state index contributed by atoms with van der Waals surface area (Å²) >= 11 is 5.90. The van der Waals surface area contributed by atoms with Crippen LogP contribution >= 0.6 is 11.6 Å². The predicted octanol–water partition coefficient (Wildman–Crippen LogP) is 3.27. The number of carbonyl (C=O) groups is 2. The van der Waals surface area contributed by atoms with Crippen LogP contribution in [-0.4, -0.2) is 60.9 Å². The van der Waals surface area contributed by atoms with E-state index in [2.05, 4.69) is 5.32 Å². The Morgan fingerprint density at radius 2 is 1.70 bits per heavy atom. The molecule has 1 atom stereocenters. The first-order chi connectivity index (χ1) is 15.5. The van der Waals surface area contributed by atoms with Gasteiger partial charge in [0.2, 0.25) is 15.9 Å². The van der Waals surface area contributed by atoms with E-state index in [1.807, 2.05) is 30.3 Å². The lowest BCUT2D eigenvalue weighted by Crippen LogP contribution is -2.61. The number of amides is 2. The minimum absolute atomic E-state index is 0.0264. The quantitative estimate of drug-likeness (QED) is 0.689. The van der Waals surface area contributed by atoms with Gasteiger partial charge in [-0.05, 0) is 50.6 Å². The Labute approximate surface area is 199 Å². The number of nitrogens with zero attached hydrogens (tertiary/aromatic N) is 2. The van der Waals surface area contributed by atoms with Crippen LogP contribution in [0.15, 0.2) is 59.5 Å². The second kappa shape index (κ2) is 10.1. The van der Waals surface area contributed by atoms with Gasteiger partial charge in [0.05, 0.1) is 4.90 Å². The molecule has 10 heteroatoms. The SMILES string of the molecule is CC(C)(C)OC(=O)N1CCN(S(=O)(=O)c2ccc(Cl)cc2)C(C(=O)NCc2ccccc2)C1. The highest BCUT2D eigenvalue weighted by atomic mass is 35.5. The van der Waals surface area contributed by atoms with Crippen LogP contribution in [0.2, 0.25) is 5.02 Å². The van der Waals surface area contributed by atoms with Gasteiger partial charge in [0.25, 0.3) is 0 Å². The van der Waals surface area contributed by atoms with Crippen LogP contribution < -0.4 is 5.32 Å². The smallest absolute Gasteiger partial charge is 0.410 e. The molecule has 1 N–H and O–H groups in total. The fourth-order valence-electron chi connectivity index (χ4n) is 3.40. The van der Waals surface area contributed by atoms with Crippen molar-refractivity contribution in [3.05, 3.63) is 65.2 Å². The third-order valence-corrected chi connectivity index (χ3v) is 7.19. The van der Waals surface area contributed by atoms with Crippen molar-refractivity contribution in [1.29, 1.82) is 0 Å². The highest BCUT2D eigenvalue weighted by Crippen LogP contribution is 2.24. The van der Waals surface area contributed by atoms with E-state index in [-0.39, 0.29) is 31.1 Å². The molecule has 1 saturated heterocycles. The molecule has 2 aromatic carbocycles. The standard InChI is InChI=1S/C23H28ClN3O5S/c1-23(2,3)32-22(29)26-13-14-27(33(30,31)19-11-9-18(24)10-12-19)20(16-26)21(28)25-15-17-7-5-4-6-8-17/h4-12,20H,13-16H2,1-3H3,(H,25,28). The Hall–Kier alpha value is -2.62. The van der Waals surface area contributed by atoms with Gasteiger partial charge in [0, 0.05) is 31.2 Å². The molecule has 0 aliphatic carbocycles. The average Bonchev–Trinajstić information content (AvgIpc) is 2.77. The number of benzene rings is 2. The third kappa shape index (κ3) is 6.46. The number of carbonyl (C=O) groups excluding carboxylic acids is 2. The fourth-order valence-corrected chi connectivity index (χ4v) is 5.10. The molecule has 0 spiro atoms. The lowest BCUT2D eigenvalue weighted by Gasteiger charge is -2.39. The molecule has 0 saturated carbocycles. The van der Waals surface area contributed by atoms with Gasteiger partial charge >= 0.3 is 6.09 Å². The molecule has 0 bridgehead atoms. The second-order valence-corrected chi connectivity index (χ2v) is 11.0. The Kier molecular flexibility index (Phi) is 7.66. The molecule has 2 amide bonds. The Morgan fingerprint density at radius 3 is 2.30 bits per heavy atom. The molecular formula is C23H28ClN3O5S. The van der Waals surface area contributed by atoms with E-state index >= 15 is 0 Å². The summed E-state index contributed by atoms with van der Waals surface area (Å²) in [6.45, 7) is 5.40. The molecule has 2 aromatic rings. The lowest BCUT2D eigenvalue weighted by atomic mass is 10.1. The zero-order valence-electron chi connectivity index (χ0n) is 18.8. The summed E-state index contributed by atoms with van der Waals surface area (Å²) in [6.07, 6.45) is -0.591. The molecule has 0 aromatic heterocycles. The average molecular weight is 494 g/mol. The number of ether oxygens (including phenoxy) is 1. The maximum absolute atomic E-state index is 13.4. The van der Waals surface area contributed by atoms with Crippen molar-refractivity contribution in [3.63, 3.8) is 0 Å². The molecule has 33 heavy (non-hydrogen) atoms. The van der Waals surface area contributed by atoms with Crippen LogP contribution in [0, 0.1) is 0 Å². The molecule has 0 radical (unpaired) electrons. The number of sulfonamides is 1. The monoisotopic (exact) mass is 493 g/mol. The summed E-state index contributed by atoms with van der Waals surface area (Å²) < 4.78 is 33.3. The van der Waals surface area contributed by atoms with Gasteiger partial charge in [-0.2, -0.15) is 4.31 Å². The Bertz CT molecular complexity index is 1090. The van der Waals surface area contributed by atoms with Crippen LogP contribution in [0.1, 0.15) is 26.3 Å². The normalized spacial score (nSPS) is 17.5. The molecule has 3 rings (SSSR count). The summed E-state index contributed by atoms with van der Waals surface area (Å²) in [6, 6.07) is 13.9. The van der Waals surface area contributed by atoms with Gasteiger partial charge < -0.3 is 15.0 Å². The highest BCUT2D eigenvalue weighted by molar-refractivity contribution is 7.89. The summed E-state index contributed by atoms with van der Waals surface area (Å²) in [5.74, 6) is -0.496. The van der Waals surface area contributed by atoms with Crippen molar-refractivity contribution in [3.8, 4) is 0 Å². The lowest BCUT2D eigenvalue weighted by molar-refractivity contribution is -0.126. The van der Waals surface area contributed by atoms with Gasteiger partial charge in [-0.15, -0.1) is 0 Å². The Balaban J connectivity index is 1.85. The summed E-state index contributed by atoms with van der Waals surface area (Å²) in [7, 11) is -4.01. The number of hydrogen-bond donors (Lipinski definition) is 1. The number of hydrogen-bond acceptors (Lipinski definition) is 5. The van der Waals surface area contributed by atoms with Gasteiger partial charge in [-0.25, -0.2) is 13.2 Å². The van der Waals surface area contributed by atoms with Crippen molar-refractivity contribution < 1.29 is 22.7 Å². The number of piperazine rings is 1. The molecule has 1 heterocycles. The Morgan fingerprint density at radius 1 is 1.06 bits per heavy atom. The van der Waals surface area contributed by atoms with E-state index in [4.69, 9.17) is 16.3 Å². The molecule has 1 aliphatic heterocycles. The second-order valence-electron chi connectivity index (χ2n) is 8.72. The van der Waals surface area contributed by atoms with Gasteiger partial charge in [0.15, 0.2) is 0 Å². The molecule has 178 valence electrons. The minimum atomic E-state index is -4.01. The van der Waals surface area contributed by atoms with Crippen molar-refractivity contribution >= 4 is 33.6 Å². The highest BCUT2D eigenvalue weighted by Gasteiger charge is 2.42. The topological polar surface area (TPSA) is 96.0 Å². The van der Waals surface area contributed by atoms with E-state index in [0.29, 0.717) is 5.02 Å². The van der Waals surface area contributed by atoms with Crippen molar-refractivity contribution in [2.75, 3.05) is 19.6 Å². The van der Waals surface area contributed by atoms with Crippen LogP contribution in [0.3, 0.4) is 0 Å². The summed E-state index contributed by atoms with van der Waals surface area (Å²) in [5, 5.41) is 3.20. The molecule has 1 fully saturated rings. The largest absolute Gasteiger partial charge is 0.444 e. The third-order valence-electron chi connectivity index (χ3n) is 5.02.